The molecular formula is C9H16O3. The first-order valence-electron chi connectivity index (χ1n) is 4.18. The number of ether oxygens (including phenoxy) is 1. The van der Waals surface area contributed by atoms with Crippen LogP contribution >= 0.6 is 0 Å². The molecule has 0 amide bonds. The number of methoxy groups -OCH3 is 1. The van der Waals surface area contributed by atoms with Crippen LogP contribution in [0.4, 0.5) is 0 Å². The zero-order valence-electron chi connectivity index (χ0n) is 7.71. The van der Waals surface area contributed by atoms with Gasteiger partial charge in [-0.25, -0.2) is 0 Å². The lowest BCUT2D eigenvalue weighted by Crippen LogP contribution is -2.19. The average molecular weight is 172 g/mol. The standard InChI is InChI=1S/C7H12O2.C2H4O/c1-9-7-4-2-6(8)3-5-7;1-2-3/h7H,2-5H2,1H3;2H,1H3. The van der Waals surface area contributed by atoms with Crippen LogP contribution in [0.2, 0.25) is 0 Å². The molecule has 0 aromatic carbocycles. The van der Waals surface area contributed by atoms with Crippen molar-refractivity contribution in [3.63, 3.8) is 0 Å². The molecule has 1 aliphatic carbocycles. The van der Waals surface area contributed by atoms with Gasteiger partial charge in [0.05, 0.1) is 6.10 Å². The molecule has 0 unspecified atom stereocenters. The van der Waals surface area contributed by atoms with Crippen LogP contribution in [-0.4, -0.2) is 25.3 Å². The maximum atomic E-state index is 10.7. The summed E-state index contributed by atoms with van der Waals surface area (Å²) in [5, 5.41) is 0. The van der Waals surface area contributed by atoms with Gasteiger partial charge in [-0.15, -0.1) is 0 Å². The van der Waals surface area contributed by atoms with Gasteiger partial charge in [0.15, 0.2) is 0 Å². The molecule has 0 bridgehead atoms. The van der Waals surface area contributed by atoms with Gasteiger partial charge in [0.1, 0.15) is 12.1 Å². The molecule has 0 aliphatic heterocycles. The van der Waals surface area contributed by atoms with E-state index in [0.717, 1.165) is 32.0 Å². The molecular weight excluding hydrogens is 156 g/mol. The molecule has 0 aromatic heterocycles. The molecule has 0 spiro atoms. The topological polar surface area (TPSA) is 43.4 Å². The Kier molecular flexibility index (Phi) is 6.57. The number of carbonyl (C=O) groups excluding carboxylic acids is 2. The number of Topliss-reactive ketones (excluding diaryl/α,β-unsaturated/α-hetero) is 1. The van der Waals surface area contributed by atoms with Crippen LogP contribution in [0.15, 0.2) is 0 Å². The SMILES string of the molecule is CC=O.COC1CCC(=O)CC1. The van der Waals surface area contributed by atoms with E-state index in [1.165, 1.54) is 6.92 Å². The van der Waals surface area contributed by atoms with E-state index in [1.807, 2.05) is 0 Å². The smallest absolute Gasteiger partial charge is 0.133 e. The second-order valence-electron chi connectivity index (χ2n) is 2.71. The molecule has 1 saturated carbocycles. The fourth-order valence-electron chi connectivity index (χ4n) is 1.15. The van der Waals surface area contributed by atoms with E-state index in [-0.39, 0.29) is 0 Å². The van der Waals surface area contributed by atoms with Crippen LogP contribution in [0.3, 0.4) is 0 Å². The van der Waals surface area contributed by atoms with Crippen molar-refractivity contribution in [2.24, 2.45) is 0 Å². The fourth-order valence-corrected chi connectivity index (χ4v) is 1.15. The van der Waals surface area contributed by atoms with Crippen molar-refractivity contribution < 1.29 is 14.3 Å². The largest absolute Gasteiger partial charge is 0.381 e. The molecule has 1 rings (SSSR count). The fraction of sp³-hybridized carbons (Fsp3) is 0.778. The summed E-state index contributed by atoms with van der Waals surface area (Å²) in [7, 11) is 1.71. The Morgan fingerprint density at radius 3 is 2.17 bits per heavy atom. The van der Waals surface area contributed by atoms with Gasteiger partial charge in [0, 0.05) is 20.0 Å². The maximum Gasteiger partial charge on any atom is 0.133 e. The van der Waals surface area contributed by atoms with Crippen molar-refractivity contribution >= 4 is 12.1 Å². The van der Waals surface area contributed by atoms with Gasteiger partial charge in [-0.1, -0.05) is 0 Å². The van der Waals surface area contributed by atoms with Crippen LogP contribution < -0.4 is 0 Å². The molecule has 0 heterocycles. The number of rotatable bonds is 1. The molecule has 12 heavy (non-hydrogen) atoms. The third-order valence-electron chi connectivity index (χ3n) is 1.82. The monoisotopic (exact) mass is 172 g/mol. The molecule has 3 heteroatoms. The minimum absolute atomic E-state index is 0.350. The van der Waals surface area contributed by atoms with Crippen LogP contribution in [0, 0.1) is 0 Å². The summed E-state index contributed by atoms with van der Waals surface area (Å²) in [5.74, 6) is 0.392. The van der Waals surface area contributed by atoms with Crippen molar-refractivity contribution in [2.45, 2.75) is 38.7 Å². The first kappa shape index (κ1) is 11.3. The highest BCUT2D eigenvalue weighted by atomic mass is 16.5. The van der Waals surface area contributed by atoms with E-state index < -0.39 is 0 Å². The summed E-state index contributed by atoms with van der Waals surface area (Å²) < 4.78 is 5.09. The molecule has 70 valence electrons. The second-order valence-corrected chi connectivity index (χ2v) is 2.71. The number of carbonyl (C=O) groups is 2. The molecule has 1 fully saturated rings. The van der Waals surface area contributed by atoms with Crippen LogP contribution in [0.5, 0.6) is 0 Å². The normalized spacial score (nSPS) is 18.0. The third-order valence-corrected chi connectivity index (χ3v) is 1.82. The van der Waals surface area contributed by atoms with E-state index in [4.69, 9.17) is 9.53 Å². The average Bonchev–Trinajstić information content (AvgIpc) is 2.07. The summed E-state index contributed by atoms with van der Waals surface area (Å²) in [6, 6.07) is 0. The number of aldehydes is 1. The van der Waals surface area contributed by atoms with Crippen LogP contribution in [0.25, 0.3) is 0 Å². The van der Waals surface area contributed by atoms with Gasteiger partial charge < -0.3 is 9.53 Å². The highest BCUT2D eigenvalue weighted by molar-refractivity contribution is 5.79. The summed E-state index contributed by atoms with van der Waals surface area (Å²) in [6.07, 6.45) is 4.39. The highest BCUT2D eigenvalue weighted by Gasteiger charge is 2.17. The maximum absolute atomic E-state index is 10.7. The Morgan fingerprint density at radius 1 is 1.42 bits per heavy atom. The molecule has 0 radical (unpaired) electrons. The molecule has 0 N–H and O–H groups in total. The number of hydrogen-bond acceptors (Lipinski definition) is 3. The Labute approximate surface area is 73.1 Å². The van der Waals surface area contributed by atoms with Gasteiger partial charge in [-0.2, -0.15) is 0 Å². The van der Waals surface area contributed by atoms with E-state index in [1.54, 1.807) is 7.11 Å². The van der Waals surface area contributed by atoms with Gasteiger partial charge in [-0.3, -0.25) is 4.79 Å². The summed E-state index contributed by atoms with van der Waals surface area (Å²) in [4.78, 5) is 19.5. The van der Waals surface area contributed by atoms with Crippen molar-refractivity contribution in [1.29, 1.82) is 0 Å². The van der Waals surface area contributed by atoms with E-state index in [2.05, 4.69) is 0 Å². The van der Waals surface area contributed by atoms with E-state index in [0.29, 0.717) is 11.9 Å². The molecule has 0 saturated heterocycles. The molecule has 3 nitrogen and oxygen atoms in total. The summed E-state index contributed by atoms with van der Waals surface area (Å²) >= 11 is 0. The highest BCUT2D eigenvalue weighted by Crippen LogP contribution is 2.16. The van der Waals surface area contributed by atoms with Gasteiger partial charge in [0.2, 0.25) is 0 Å². The predicted molar refractivity (Wildman–Crippen MR) is 46.0 cm³/mol. The number of hydrogen-bond donors (Lipinski definition) is 0. The van der Waals surface area contributed by atoms with Crippen molar-refractivity contribution in [2.75, 3.05) is 7.11 Å². The molecule has 0 aromatic rings. The van der Waals surface area contributed by atoms with E-state index >= 15 is 0 Å². The summed E-state index contributed by atoms with van der Waals surface area (Å²) in [5.41, 5.74) is 0. The van der Waals surface area contributed by atoms with Crippen LogP contribution in [-0.2, 0) is 14.3 Å². The molecule has 1 aliphatic rings. The molecule has 0 atom stereocenters. The zero-order chi connectivity index (χ0) is 9.40. The van der Waals surface area contributed by atoms with Gasteiger partial charge >= 0.3 is 0 Å². The Bertz CT molecular complexity index is 133. The van der Waals surface area contributed by atoms with Crippen molar-refractivity contribution in [3.05, 3.63) is 0 Å². The lowest BCUT2D eigenvalue weighted by atomic mass is 9.97. The predicted octanol–water partition coefficient (Wildman–Crippen LogP) is 1.35. The van der Waals surface area contributed by atoms with Crippen molar-refractivity contribution in [1.82, 2.24) is 0 Å². The minimum Gasteiger partial charge on any atom is -0.381 e. The summed E-state index contributed by atoms with van der Waals surface area (Å²) in [6.45, 7) is 1.44. The second kappa shape index (κ2) is 6.98. The lowest BCUT2D eigenvalue weighted by Gasteiger charge is -2.18. The first-order valence-corrected chi connectivity index (χ1v) is 4.18. The minimum atomic E-state index is 0.350. The number of ketones is 1. The lowest BCUT2D eigenvalue weighted by molar-refractivity contribution is -0.122. The van der Waals surface area contributed by atoms with Gasteiger partial charge in [0.25, 0.3) is 0 Å². The van der Waals surface area contributed by atoms with E-state index in [9.17, 15) is 4.79 Å². The Balaban J connectivity index is 0.000000354. The van der Waals surface area contributed by atoms with Crippen molar-refractivity contribution in [3.8, 4) is 0 Å². The first-order chi connectivity index (χ1) is 5.74. The van der Waals surface area contributed by atoms with Crippen LogP contribution in [0.1, 0.15) is 32.6 Å². The Hall–Kier alpha value is -0.700. The third kappa shape index (κ3) is 5.02. The van der Waals surface area contributed by atoms with Gasteiger partial charge in [-0.05, 0) is 19.8 Å². The quantitative estimate of drug-likeness (QED) is 0.561. The Morgan fingerprint density at radius 2 is 1.83 bits per heavy atom. The zero-order valence-corrected chi connectivity index (χ0v) is 7.71.